The largest absolute Gasteiger partial charge is 1.00 e. The molecule has 178 valence electrons. The Morgan fingerprint density at radius 3 is 2.43 bits per heavy atom. The average Bonchev–Trinajstić information content (AvgIpc) is 3.15. The molecule has 11 heteroatoms. The zero-order valence-corrected chi connectivity index (χ0v) is 24.7. The zero-order valence-electron chi connectivity index (χ0n) is 20.0. The van der Waals surface area contributed by atoms with Crippen LogP contribution in [0.2, 0.25) is 5.02 Å². The van der Waals surface area contributed by atoms with Gasteiger partial charge in [-0.05, 0) is 42.5 Å². The van der Waals surface area contributed by atoms with E-state index in [4.69, 9.17) is 16.3 Å². The molecule has 0 fully saturated rings. The smallest absolute Gasteiger partial charge is 0.545 e. The van der Waals surface area contributed by atoms with Crippen molar-refractivity contribution in [3.8, 4) is 5.75 Å². The first-order chi connectivity index (χ1) is 16.7. The van der Waals surface area contributed by atoms with E-state index >= 15 is 0 Å². The van der Waals surface area contributed by atoms with Crippen LogP contribution < -0.4 is 74.1 Å². The number of aromatic carboxylic acids is 1. The van der Waals surface area contributed by atoms with Gasteiger partial charge < -0.3 is 29.1 Å². The first-order valence-electron chi connectivity index (χ1n) is 10.3. The number of nitrogens with zero attached hydrogens (tertiary/aromatic N) is 1. The molecule has 6 nitrogen and oxygen atoms in total. The van der Waals surface area contributed by atoms with E-state index in [0.717, 1.165) is 18.2 Å². The fourth-order valence-electron chi connectivity index (χ4n) is 3.76. The second-order valence-corrected chi connectivity index (χ2v) is 8.06. The number of rotatable bonds is 8. The van der Waals surface area contributed by atoms with E-state index in [2.05, 4.69) is 0 Å². The van der Waals surface area contributed by atoms with Crippen molar-refractivity contribution in [2.45, 2.75) is 13.2 Å². The number of hydrogen-bond donors (Lipinski definition) is 0. The van der Waals surface area contributed by atoms with Gasteiger partial charge in [-0.15, -0.1) is 0 Å². The van der Waals surface area contributed by atoms with Crippen LogP contribution in [0.25, 0.3) is 17.0 Å². The molecule has 0 radical (unpaired) electrons. The molecule has 4 rings (SSSR count). The first-order valence-corrected chi connectivity index (χ1v) is 10.7. The zero-order chi connectivity index (χ0) is 25.1. The maximum atomic E-state index is 14.0. The van der Waals surface area contributed by atoms with E-state index < -0.39 is 23.6 Å². The summed E-state index contributed by atoms with van der Waals surface area (Å²) in [7, 11) is 0. The average molecular weight is 542 g/mol. The standard InChI is InChI=1S/C26H18ClF2NO5.2Na/c27-18-6-8-23(35-14-16-4-7-19(28)11-21(16)29)17(10-18)13-30-12-15(5-9-24(31)32)25-20(26(33)34)2-1-3-22(25)30;;/h1-12H,13-14H2,(H,31,32)(H,33,34);;/q;2*+1/p-2/b9-5+;;. The molecule has 0 saturated heterocycles. The number of benzene rings is 3. The molecule has 0 amide bonds. The van der Waals surface area contributed by atoms with E-state index in [1.54, 1.807) is 41.1 Å². The van der Waals surface area contributed by atoms with Crippen molar-refractivity contribution in [1.29, 1.82) is 0 Å². The normalized spacial score (nSPS) is 10.7. The van der Waals surface area contributed by atoms with Crippen molar-refractivity contribution in [3.05, 3.63) is 106 Å². The van der Waals surface area contributed by atoms with Gasteiger partial charge in [0.2, 0.25) is 0 Å². The number of carboxylic acid groups (broad SMARTS) is 2. The Morgan fingerprint density at radius 2 is 1.76 bits per heavy atom. The van der Waals surface area contributed by atoms with Gasteiger partial charge in [-0.25, -0.2) is 8.78 Å². The molecule has 0 spiro atoms. The molecule has 0 aliphatic rings. The van der Waals surface area contributed by atoms with Crippen LogP contribution >= 0.6 is 11.6 Å². The minimum atomic E-state index is -1.43. The van der Waals surface area contributed by atoms with E-state index in [0.29, 0.717) is 32.8 Å². The third kappa shape index (κ3) is 7.45. The number of carbonyl (C=O) groups excluding carboxylic acids is 2. The first kappa shape index (κ1) is 31.1. The Morgan fingerprint density at radius 1 is 1.00 bits per heavy atom. The van der Waals surface area contributed by atoms with Crippen molar-refractivity contribution in [1.82, 2.24) is 4.57 Å². The van der Waals surface area contributed by atoms with Gasteiger partial charge in [0.1, 0.15) is 24.0 Å². The van der Waals surface area contributed by atoms with Crippen LogP contribution in [0, 0.1) is 11.6 Å². The molecule has 1 aromatic heterocycles. The van der Waals surface area contributed by atoms with Gasteiger partial charge in [0.25, 0.3) is 0 Å². The quantitative estimate of drug-likeness (QED) is 0.179. The number of carboxylic acids is 2. The molecule has 3 aromatic carbocycles. The van der Waals surface area contributed by atoms with Crippen molar-refractivity contribution >= 4 is 40.5 Å². The van der Waals surface area contributed by atoms with Gasteiger partial charge in [0.05, 0.1) is 18.5 Å². The van der Waals surface area contributed by atoms with Crippen molar-refractivity contribution in [3.63, 3.8) is 0 Å². The molecule has 0 bridgehead atoms. The molecule has 0 atom stereocenters. The Balaban J connectivity index is 0.00000241. The summed E-state index contributed by atoms with van der Waals surface area (Å²) in [6.07, 6.45) is 3.63. The van der Waals surface area contributed by atoms with Crippen LogP contribution in [-0.2, 0) is 17.9 Å². The maximum absolute atomic E-state index is 14.0. The van der Waals surface area contributed by atoms with E-state index in [-0.39, 0.29) is 83.4 Å². The molecule has 0 unspecified atom stereocenters. The molecular weight excluding hydrogens is 526 g/mol. The number of fused-ring (bicyclic) bond motifs is 1. The molecule has 37 heavy (non-hydrogen) atoms. The maximum Gasteiger partial charge on any atom is 1.00 e. The summed E-state index contributed by atoms with van der Waals surface area (Å²) in [4.78, 5) is 22.6. The van der Waals surface area contributed by atoms with Gasteiger partial charge in [-0.3, -0.25) is 0 Å². The molecule has 0 aliphatic heterocycles. The number of ether oxygens (including phenoxy) is 1. The van der Waals surface area contributed by atoms with E-state index in [1.165, 1.54) is 18.2 Å². The minimum absolute atomic E-state index is 0. The summed E-state index contributed by atoms with van der Waals surface area (Å²) < 4.78 is 34.7. The van der Waals surface area contributed by atoms with Crippen molar-refractivity contribution < 1.29 is 92.4 Å². The van der Waals surface area contributed by atoms with Crippen LogP contribution in [0.1, 0.15) is 27.0 Å². The fraction of sp³-hybridized carbons (Fsp3) is 0.0769. The second kappa shape index (κ2) is 13.6. The molecular formula is C26H16ClF2NNa2O5. The van der Waals surface area contributed by atoms with E-state index in [1.807, 2.05) is 0 Å². The minimum Gasteiger partial charge on any atom is -0.545 e. The third-order valence-corrected chi connectivity index (χ3v) is 5.55. The molecule has 0 aliphatic carbocycles. The van der Waals surface area contributed by atoms with Crippen molar-refractivity contribution in [2.75, 3.05) is 0 Å². The van der Waals surface area contributed by atoms with Crippen LogP contribution in [0.3, 0.4) is 0 Å². The SMILES string of the molecule is O=C([O-])/C=C/c1cn(Cc2cc(Cl)ccc2OCc2ccc(F)cc2F)c2cccc(C(=O)[O-])c12.[Na+].[Na+]. The number of aliphatic carboxylic acids is 1. The van der Waals surface area contributed by atoms with Crippen LogP contribution in [0.4, 0.5) is 8.78 Å². The topological polar surface area (TPSA) is 94.4 Å². The van der Waals surface area contributed by atoms with Crippen LogP contribution in [0.15, 0.2) is 66.9 Å². The Hall–Kier alpha value is -2.17. The van der Waals surface area contributed by atoms with Gasteiger partial charge in [0.15, 0.2) is 0 Å². The van der Waals surface area contributed by atoms with E-state index in [9.17, 15) is 28.6 Å². The summed E-state index contributed by atoms with van der Waals surface area (Å²) in [5.74, 6) is -3.91. The summed E-state index contributed by atoms with van der Waals surface area (Å²) in [5.41, 5.74) is 1.48. The van der Waals surface area contributed by atoms with Crippen LogP contribution in [0.5, 0.6) is 5.75 Å². The van der Waals surface area contributed by atoms with Crippen LogP contribution in [-0.4, -0.2) is 16.5 Å². The molecule has 1 heterocycles. The predicted molar refractivity (Wildman–Crippen MR) is 122 cm³/mol. The molecule has 0 N–H and O–H groups in total. The fourth-order valence-corrected chi connectivity index (χ4v) is 3.95. The monoisotopic (exact) mass is 541 g/mol. The van der Waals surface area contributed by atoms with Crippen molar-refractivity contribution in [2.24, 2.45) is 0 Å². The predicted octanol–water partition coefficient (Wildman–Crippen LogP) is -2.67. The summed E-state index contributed by atoms with van der Waals surface area (Å²) in [6.45, 7) is -0.00441. The number of aromatic nitrogens is 1. The number of hydrogen-bond acceptors (Lipinski definition) is 5. The summed E-state index contributed by atoms with van der Waals surface area (Å²) >= 11 is 6.18. The van der Waals surface area contributed by atoms with Gasteiger partial charge >= 0.3 is 59.1 Å². The van der Waals surface area contributed by atoms with Gasteiger partial charge in [0, 0.05) is 50.4 Å². The third-order valence-electron chi connectivity index (χ3n) is 5.32. The molecule has 4 aromatic rings. The Kier molecular flexibility index (Phi) is 11.4. The second-order valence-electron chi connectivity index (χ2n) is 7.63. The Bertz CT molecular complexity index is 1490. The summed E-state index contributed by atoms with van der Waals surface area (Å²) in [5, 5.41) is 23.3. The van der Waals surface area contributed by atoms with Gasteiger partial charge in [-0.1, -0.05) is 29.8 Å². The van der Waals surface area contributed by atoms with Gasteiger partial charge in [-0.2, -0.15) is 0 Å². The summed E-state index contributed by atoms with van der Waals surface area (Å²) in [6, 6.07) is 12.6. The molecule has 0 saturated carbocycles. The number of carbonyl (C=O) groups is 2. The number of halogens is 3. The Labute approximate surface area is 260 Å².